The van der Waals surface area contributed by atoms with Crippen LogP contribution in [0.1, 0.15) is 19.8 Å². The van der Waals surface area contributed by atoms with E-state index in [0.717, 1.165) is 25.0 Å². The normalized spacial score (nSPS) is 18.1. The summed E-state index contributed by atoms with van der Waals surface area (Å²) in [6.45, 7) is 3.07. The van der Waals surface area contributed by atoms with Gasteiger partial charge in [-0.25, -0.2) is 8.78 Å². The molecule has 1 aliphatic heterocycles. The second-order valence-corrected chi connectivity index (χ2v) is 5.31. The van der Waals surface area contributed by atoms with Gasteiger partial charge in [-0.05, 0) is 26.8 Å². The third kappa shape index (κ3) is 2.72. The lowest BCUT2D eigenvalue weighted by atomic mass is 9.89. The predicted molar refractivity (Wildman–Crippen MR) is 71.9 cm³/mol. The molecule has 20 heavy (non-hydrogen) atoms. The highest BCUT2D eigenvalue weighted by Crippen LogP contribution is 2.32. The van der Waals surface area contributed by atoms with Crippen LogP contribution in [0.4, 0.5) is 20.2 Å². The Bertz CT molecular complexity index is 505. The van der Waals surface area contributed by atoms with Gasteiger partial charge < -0.3 is 10.2 Å². The average Bonchev–Trinajstić information content (AvgIpc) is 2.40. The summed E-state index contributed by atoms with van der Waals surface area (Å²) in [5.74, 6) is -1.77. The van der Waals surface area contributed by atoms with Gasteiger partial charge in [0.25, 0.3) is 5.69 Å². The van der Waals surface area contributed by atoms with Crippen LogP contribution < -0.4 is 10.2 Å². The van der Waals surface area contributed by atoms with Gasteiger partial charge in [0.1, 0.15) is 5.69 Å². The maximum atomic E-state index is 13.9. The number of nitrogens with one attached hydrogen (secondary N) is 1. The molecule has 7 heteroatoms. The van der Waals surface area contributed by atoms with E-state index in [1.807, 2.05) is 7.05 Å². The molecule has 5 nitrogen and oxygen atoms in total. The Morgan fingerprint density at radius 2 is 1.80 bits per heavy atom. The Labute approximate surface area is 115 Å². The molecule has 1 fully saturated rings. The zero-order valence-electron chi connectivity index (χ0n) is 11.4. The first kappa shape index (κ1) is 14.6. The fraction of sp³-hybridized carbons (Fsp3) is 0.538. The van der Waals surface area contributed by atoms with Crippen LogP contribution in [0, 0.1) is 21.7 Å². The summed E-state index contributed by atoms with van der Waals surface area (Å²) in [6, 6.07) is 1.54. The fourth-order valence-electron chi connectivity index (χ4n) is 2.43. The highest BCUT2D eigenvalue weighted by molar-refractivity contribution is 5.54. The molecule has 110 valence electrons. The Kier molecular flexibility index (Phi) is 3.89. The lowest BCUT2D eigenvalue weighted by Crippen LogP contribution is -2.50. The number of halogens is 2. The van der Waals surface area contributed by atoms with Gasteiger partial charge >= 0.3 is 0 Å². The molecule has 0 aliphatic carbocycles. The monoisotopic (exact) mass is 285 g/mol. The Morgan fingerprint density at radius 3 is 2.20 bits per heavy atom. The SMILES string of the molecule is CNC1(C)CCN(c2c(F)cc([N+](=O)[O-])cc2F)CC1. The summed E-state index contributed by atoms with van der Waals surface area (Å²) in [6.07, 6.45) is 1.50. The molecule has 0 unspecified atom stereocenters. The van der Waals surface area contributed by atoms with E-state index in [2.05, 4.69) is 12.2 Å². The smallest absolute Gasteiger partial charge is 0.275 e. The maximum absolute atomic E-state index is 13.9. The number of hydrogen-bond acceptors (Lipinski definition) is 4. The standard InChI is InChI=1S/C13H17F2N3O2/c1-13(16-2)3-5-17(6-4-13)12-10(14)7-9(18(19)20)8-11(12)15/h7-8,16H,3-6H2,1-2H3. The molecule has 0 radical (unpaired) electrons. The number of nitro groups is 1. The molecule has 1 heterocycles. The van der Waals surface area contributed by atoms with Crippen LogP contribution in [0.2, 0.25) is 0 Å². The van der Waals surface area contributed by atoms with Crippen molar-refractivity contribution >= 4 is 11.4 Å². The summed E-state index contributed by atoms with van der Waals surface area (Å²) >= 11 is 0. The summed E-state index contributed by atoms with van der Waals surface area (Å²) in [4.78, 5) is 11.4. The number of benzene rings is 1. The van der Waals surface area contributed by atoms with Crippen molar-refractivity contribution in [1.82, 2.24) is 5.32 Å². The molecule has 1 saturated heterocycles. The number of anilines is 1. The van der Waals surface area contributed by atoms with Gasteiger partial charge in [0.15, 0.2) is 11.6 Å². The number of piperidine rings is 1. The van der Waals surface area contributed by atoms with Gasteiger partial charge in [0.05, 0.1) is 17.1 Å². The molecule has 1 aliphatic rings. The van der Waals surface area contributed by atoms with Gasteiger partial charge in [-0.3, -0.25) is 10.1 Å². The van der Waals surface area contributed by atoms with Crippen molar-refractivity contribution in [2.24, 2.45) is 0 Å². The minimum atomic E-state index is -0.884. The second kappa shape index (κ2) is 5.32. The molecule has 0 bridgehead atoms. The molecule has 1 N–H and O–H groups in total. The van der Waals surface area contributed by atoms with Crippen LogP contribution in [-0.2, 0) is 0 Å². The second-order valence-electron chi connectivity index (χ2n) is 5.31. The molecular formula is C13H17F2N3O2. The van der Waals surface area contributed by atoms with Crippen LogP contribution in [0.3, 0.4) is 0 Å². The van der Waals surface area contributed by atoms with Crippen molar-refractivity contribution in [2.75, 3.05) is 25.0 Å². The van der Waals surface area contributed by atoms with E-state index in [0.29, 0.717) is 13.1 Å². The largest absolute Gasteiger partial charge is 0.367 e. The van der Waals surface area contributed by atoms with E-state index in [1.165, 1.54) is 0 Å². The number of non-ortho nitro benzene ring substituents is 1. The van der Waals surface area contributed by atoms with Gasteiger partial charge in [-0.15, -0.1) is 0 Å². The van der Waals surface area contributed by atoms with Crippen LogP contribution in [0.25, 0.3) is 0 Å². The van der Waals surface area contributed by atoms with Crippen molar-refractivity contribution in [3.8, 4) is 0 Å². The number of nitrogens with zero attached hydrogens (tertiary/aromatic N) is 2. The molecule has 0 atom stereocenters. The van der Waals surface area contributed by atoms with E-state index >= 15 is 0 Å². The summed E-state index contributed by atoms with van der Waals surface area (Å²) in [5, 5.41) is 13.8. The van der Waals surface area contributed by atoms with Crippen molar-refractivity contribution < 1.29 is 13.7 Å². The molecule has 1 aromatic rings. The van der Waals surface area contributed by atoms with E-state index in [-0.39, 0.29) is 11.2 Å². The van der Waals surface area contributed by atoms with Crippen LogP contribution >= 0.6 is 0 Å². The first-order chi connectivity index (χ1) is 9.36. The fourth-order valence-corrected chi connectivity index (χ4v) is 2.43. The molecule has 0 saturated carbocycles. The van der Waals surface area contributed by atoms with E-state index in [4.69, 9.17) is 0 Å². The molecule has 0 aromatic heterocycles. The lowest BCUT2D eigenvalue weighted by Gasteiger charge is -2.40. The molecule has 1 aromatic carbocycles. The third-order valence-electron chi connectivity index (χ3n) is 4.00. The summed E-state index contributed by atoms with van der Waals surface area (Å²) in [5.41, 5.74) is -0.779. The average molecular weight is 285 g/mol. The minimum Gasteiger partial charge on any atom is -0.367 e. The quantitative estimate of drug-likeness (QED) is 0.684. The zero-order chi connectivity index (χ0) is 14.9. The predicted octanol–water partition coefficient (Wildman–Crippen LogP) is 2.45. The Hall–Kier alpha value is -1.76. The van der Waals surface area contributed by atoms with E-state index in [1.54, 1.807) is 4.90 Å². The highest BCUT2D eigenvalue weighted by atomic mass is 19.1. The summed E-state index contributed by atoms with van der Waals surface area (Å²) in [7, 11) is 1.86. The summed E-state index contributed by atoms with van der Waals surface area (Å²) < 4.78 is 27.9. The first-order valence-corrected chi connectivity index (χ1v) is 6.43. The Morgan fingerprint density at radius 1 is 1.30 bits per heavy atom. The van der Waals surface area contributed by atoms with Crippen LogP contribution in [0.15, 0.2) is 12.1 Å². The van der Waals surface area contributed by atoms with Gasteiger partial charge in [-0.1, -0.05) is 0 Å². The van der Waals surface area contributed by atoms with Crippen LogP contribution in [-0.4, -0.2) is 30.6 Å². The van der Waals surface area contributed by atoms with Crippen molar-refractivity contribution in [1.29, 1.82) is 0 Å². The maximum Gasteiger partial charge on any atom is 0.275 e. The number of nitro benzene ring substituents is 1. The van der Waals surface area contributed by atoms with Crippen molar-refractivity contribution in [3.05, 3.63) is 33.9 Å². The van der Waals surface area contributed by atoms with Gasteiger partial charge in [0, 0.05) is 18.6 Å². The minimum absolute atomic E-state index is 0.0375. The first-order valence-electron chi connectivity index (χ1n) is 6.43. The van der Waals surface area contributed by atoms with Gasteiger partial charge in [0.2, 0.25) is 0 Å². The number of hydrogen-bond donors (Lipinski definition) is 1. The lowest BCUT2D eigenvalue weighted by molar-refractivity contribution is -0.385. The highest BCUT2D eigenvalue weighted by Gasteiger charge is 2.31. The van der Waals surface area contributed by atoms with Crippen molar-refractivity contribution in [2.45, 2.75) is 25.3 Å². The van der Waals surface area contributed by atoms with E-state index < -0.39 is 22.2 Å². The zero-order valence-corrected chi connectivity index (χ0v) is 11.4. The topological polar surface area (TPSA) is 58.4 Å². The molecule has 0 spiro atoms. The number of rotatable bonds is 3. The Balaban J connectivity index is 2.24. The molecular weight excluding hydrogens is 268 g/mol. The molecule has 2 rings (SSSR count). The van der Waals surface area contributed by atoms with Crippen LogP contribution in [0.5, 0.6) is 0 Å². The molecule has 0 amide bonds. The third-order valence-corrected chi connectivity index (χ3v) is 4.00. The van der Waals surface area contributed by atoms with Crippen molar-refractivity contribution in [3.63, 3.8) is 0 Å². The van der Waals surface area contributed by atoms with E-state index in [9.17, 15) is 18.9 Å². The van der Waals surface area contributed by atoms with Gasteiger partial charge in [-0.2, -0.15) is 0 Å².